The van der Waals surface area contributed by atoms with Gasteiger partial charge in [-0.1, -0.05) is 31.2 Å². The second kappa shape index (κ2) is 8.31. The zero-order chi connectivity index (χ0) is 18.5. The van der Waals surface area contributed by atoms with E-state index in [4.69, 9.17) is 9.47 Å². The molecule has 0 saturated heterocycles. The summed E-state index contributed by atoms with van der Waals surface area (Å²) in [5.41, 5.74) is 0.688. The van der Waals surface area contributed by atoms with E-state index >= 15 is 0 Å². The van der Waals surface area contributed by atoms with Crippen LogP contribution in [0.1, 0.15) is 32.3 Å². The summed E-state index contributed by atoms with van der Waals surface area (Å²) in [6.45, 7) is 5.07. The molecule has 140 valence electrons. The number of aromatic amines is 1. The smallest absolute Gasteiger partial charge is 0.343 e. The predicted octanol–water partition coefficient (Wildman–Crippen LogP) is 1.90. The lowest BCUT2D eigenvalue weighted by atomic mass is 10.2. The van der Waals surface area contributed by atoms with E-state index in [0.717, 1.165) is 18.4 Å². The normalized spacial score (nSPS) is 13.6. The molecule has 0 radical (unpaired) electrons. The van der Waals surface area contributed by atoms with E-state index in [1.165, 1.54) is 11.8 Å². The molecule has 0 spiro atoms. The predicted molar refractivity (Wildman–Crippen MR) is 97.5 cm³/mol. The van der Waals surface area contributed by atoms with E-state index in [2.05, 4.69) is 22.4 Å². The molecule has 9 heteroatoms. The Bertz CT molecular complexity index is 832. The summed E-state index contributed by atoms with van der Waals surface area (Å²) >= 11 is 1.27. The van der Waals surface area contributed by atoms with Gasteiger partial charge in [0.15, 0.2) is 16.7 Å². The molecule has 1 aliphatic heterocycles. The number of hydrogen-bond donors (Lipinski definition) is 2. The van der Waals surface area contributed by atoms with Crippen LogP contribution in [0.25, 0.3) is 0 Å². The lowest BCUT2D eigenvalue weighted by Crippen LogP contribution is -2.30. The van der Waals surface area contributed by atoms with Gasteiger partial charge in [-0.15, -0.1) is 5.10 Å². The molecule has 0 unspecified atom stereocenters. The Balaban J connectivity index is 1.56. The average molecular weight is 378 g/mol. The van der Waals surface area contributed by atoms with Crippen LogP contribution < -0.4 is 20.5 Å². The number of rotatable bonds is 8. The monoisotopic (exact) mass is 378 g/mol. The minimum absolute atomic E-state index is 0.120. The van der Waals surface area contributed by atoms with Gasteiger partial charge in [-0.2, -0.15) is 0 Å². The van der Waals surface area contributed by atoms with Crippen molar-refractivity contribution < 1.29 is 14.3 Å². The van der Waals surface area contributed by atoms with Crippen molar-refractivity contribution in [3.8, 4) is 11.5 Å². The van der Waals surface area contributed by atoms with Crippen LogP contribution in [0.5, 0.6) is 11.5 Å². The Labute approximate surface area is 155 Å². The third-order valence-electron chi connectivity index (χ3n) is 4.01. The SMILES string of the molecule is CCCCn1c(S[C@@H](C)C(=O)NCc2ccc3c(c2)OCO3)n[nH]c1=O. The molecule has 0 fully saturated rings. The first-order valence-corrected chi connectivity index (χ1v) is 9.44. The second-order valence-corrected chi connectivity index (χ2v) is 7.29. The number of hydrogen-bond acceptors (Lipinski definition) is 6. The van der Waals surface area contributed by atoms with Crippen molar-refractivity contribution >= 4 is 17.7 Å². The second-order valence-electron chi connectivity index (χ2n) is 5.98. The highest BCUT2D eigenvalue weighted by atomic mass is 32.2. The summed E-state index contributed by atoms with van der Waals surface area (Å²) in [6.07, 6.45) is 1.87. The Morgan fingerprint density at radius 1 is 1.42 bits per heavy atom. The Kier molecular flexibility index (Phi) is 5.87. The molecule has 2 N–H and O–H groups in total. The zero-order valence-corrected chi connectivity index (χ0v) is 15.6. The van der Waals surface area contributed by atoms with Crippen LogP contribution in [-0.4, -0.2) is 32.7 Å². The molecule has 26 heavy (non-hydrogen) atoms. The number of carbonyl (C=O) groups excluding carboxylic acids is 1. The number of benzene rings is 1. The molecular formula is C17H22N4O4S. The van der Waals surface area contributed by atoms with Crippen LogP contribution in [-0.2, 0) is 17.9 Å². The maximum atomic E-state index is 12.4. The fraction of sp³-hybridized carbons (Fsp3) is 0.471. The molecule has 0 aliphatic carbocycles. The third-order valence-corrected chi connectivity index (χ3v) is 5.10. The van der Waals surface area contributed by atoms with Crippen molar-refractivity contribution in [3.63, 3.8) is 0 Å². The molecule has 1 aromatic carbocycles. The highest BCUT2D eigenvalue weighted by molar-refractivity contribution is 8.00. The number of ether oxygens (including phenoxy) is 2. The molecule has 0 bridgehead atoms. The maximum absolute atomic E-state index is 12.4. The average Bonchev–Trinajstić information content (AvgIpc) is 3.24. The van der Waals surface area contributed by atoms with Crippen LogP contribution in [0, 0.1) is 0 Å². The summed E-state index contributed by atoms with van der Waals surface area (Å²) in [4.78, 5) is 24.2. The van der Waals surface area contributed by atoms with E-state index in [1.54, 1.807) is 11.5 Å². The van der Waals surface area contributed by atoms with E-state index in [-0.39, 0.29) is 23.6 Å². The van der Waals surface area contributed by atoms with Gasteiger partial charge in [-0.25, -0.2) is 9.89 Å². The molecule has 1 amide bonds. The van der Waals surface area contributed by atoms with Crippen LogP contribution in [0.3, 0.4) is 0 Å². The number of nitrogens with one attached hydrogen (secondary N) is 2. The summed E-state index contributed by atoms with van der Waals surface area (Å²) in [7, 11) is 0. The first kappa shape index (κ1) is 18.4. The number of carbonyl (C=O) groups is 1. The zero-order valence-electron chi connectivity index (χ0n) is 14.8. The molecule has 1 atom stereocenters. The highest BCUT2D eigenvalue weighted by Gasteiger charge is 2.19. The summed E-state index contributed by atoms with van der Waals surface area (Å²) in [5, 5.41) is 9.54. The van der Waals surface area contributed by atoms with E-state index in [1.807, 2.05) is 18.2 Å². The summed E-state index contributed by atoms with van der Waals surface area (Å²) < 4.78 is 12.2. The fourth-order valence-corrected chi connectivity index (χ4v) is 3.41. The molecule has 2 aromatic rings. The van der Waals surface area contributed by atoms with Gasteiger partial charge in [0.05, 0.1) is 5.25 Å². The van der Waals surface area contributed by atoms with Crippen molar-refractivity contribution in [1.82, 2.24) is 20.1 Å². The van der Waals surface area contributed by atoms with Crippen LogP contribution in [0.2, 0.25) is 0 Å². The topological polar surface area (TPSA) is 98.2 Å². The maximum Gasteiger partial charge on any atom is 0.343 e. The molecule has 8 nitrogen and oxygen atoms in total. The summed E-state index contributed by atoms with van der Waals surface area (Å²) in [6, 6.07) is 5.58. The lowest BCUT2D eigenvalue weighted by Gasteiger charge is -2.12. The van der Waals surface area contributed by atoms with Crippen molar-refractivity contribution in [2.24, 2.45) is 0 Å². The number of H-pyrrole nitrogens is 1. The quantitative estimate of drug-likeness (QED) is 0.681. The molecule has 0 saturated carbocycles. The fourth-order valence-electron chi connectivity index (χ4n) is 2.50. The number of amides is 1. The van der Waals surface area contributed by atoms with Gasteiger partial charge in [0.1, 0.15) is 0 Å². The molecule has 1 aromatic heterocycles. The molecule has 3 rings (SSSR count). The van der Waals surface area contributed by atoms with Crippen molar-refractivity contribution in [2.45, 2.75) is 50.2 Å². The number of fused-ring (bicyclic) bond motifs is 1. The lowest BCUT2D eigenvalue weighted by molar-refractivity contribution is -0.120. The number of nitrogens with zero attached hydrogens (tertiary/aromatic N) is 2. The largest absolute Gasteiger partial charge is 0.454 e. The minimum Gasteiger partial charge on any atom is -0.454 e. The van der Waals surface area contributed by atoms with Crippen molar-refractivity contribution in [3.05, 3.63) is 34.2 Å². The first-order valence-electron chi connectivity index (χ1n) is 8.56. The van der Waals surface area contributed by atoms with Gasteiger partial charge in [-0.05, 0) is 31.0 Å². The van der Waals surface area contributed by atoms with Gasteiger partial charge in [-0.3, -0.25) is 9.36 Å². The van der Waals surface area contributed by atoms with Gasteiger partial charge in [0.25, 0.3) is 0 Å². The molecular weight excluding hydrogens is 356 g/mol. The molecule has 1 aliphatic rings. The van der Waals surface area contributed by atoms with Gasteiger partial charge < -0.3 is 14.8 Å². The standard InChI is InChI=1S/C17H22N4O4S/c1-3-4-7-21-16(23)19-20-17(21)26-11(2)15(22)18-9-12-5-6-13-14(8-12)25-10-24-13/h5-6,8,11H,3-4,7,9-10H2,1-2H3,(H,18,22)(H,19,23)/t11-/m0/s1. The van der Waals surface area contributed by atoms with Crippen molar-refractivity contribution in [1.29, 1.82) is 0 Å². The summed E-state index contributed by atoms with van der Waals surface area (Å²) in [5.74, 6) is 1.29. The number of aromatic nitrogens is 3. The van der Waals surface area contributed by atoms with Crippen molar-refractivity contribution in [2.75, 3.05) is 6.79 Å². The minimum atomic E-state index is -0.375. The third kappa shape index (κ3) is 4.21. The molecule has 2 heterocycles. The Hall–Kier alpha value is -2.42. The number of thioether (sulfide) groups is 1. The van der Waals surface area contributed by atoms with E-state index in [9.17, 15) is 9.59 Å². The van der Waals surface area contributed by atoms with Gasteiger partial charge in [0, 0.05) is 13.1 Å². The van der Waals surface area contributed by atoms with Crippen LogP contribution in [0.4, 0.5) is 0 Å². The van der Waals surface area contributed by atoms with E-state index < -0.39 is 0 Å². The van der Waals surface area contributed by atoms with E-state index in [0.29, 0.717) is 29.7 Å². The highest BCUT2D eigenvalue weighted by Crippen LogP contribution is 2.32. The first-order chi connectivity index (χ1) is 12.6. The van der Waals surface area contributed by atoms with Gasteiger partial charge >= 0.3 is 5.69 Å². The Morgan fingerprint density at radius 2 is 2.23 bits per heavy atom. The Morgan fingerprint density at radius 3 is 3.04 bits per heavy atom. The van der Waals surface area contributed by atoms with Gasteiger partial charge in [0.2, 0.25) is 12.7 Å². The number of unbranched alkanes of at least 4 members (excludes halogenated alkanes) is 1. The van der Waals surface area contributed by atoms with Crippen LogP contribution in [0.15, 0.2) is 28.2 Å². The van der Waals surface area contributed by atoms with Crippen LogP contribution >= 0.6 is 11.8 Å².